The number of anilines is 1. The van der Waals surface area contributed by atoms with E-state index in [-0.39, 0.29) is 12.0 Å². The molecule has 2 nitrogen and oxygen atoms in total. The van der Waals surface area contributed by atoms with Crippen molar-refractivity contribution in [2.24, 2.45) is 0 Å². The molecule has 0 aliphatic rings. The molecule has 0 aliphatic heterocycles. The van der Waals surface area contributed by atoms with Gasteiger partial charge in [-0.3, -0.25) is 0 Å². The maximum absolute atomic E-state index is 9.34. The Bertz CT molecular complexity index is 258. The van der Waals surface area contributed by atoms with Crippen LogP contribution in [0.2, 0.25) is 0 Å². The average molecular weight is 165 g/mol. The van der Waals surface area contributed by atoms with Gasteiger partial charge in [0.2, 0.25) is 0 Å². The molecule has 2 atom stereocenters. The van der Waals surface area contributed by atoms with E-state index in [0.717, 1.165) is 11.3 Å². The van der Waals surface area contributed by atoms with E-state index >= 15 is 0 Å². The molecule has 1 rings (SSSR count). The van der Waals surface area contributed by atoms with Crippen molar-refractivity contribution in [2.75, 3.05) is 5.73 Å². The topological polar surface area (TPSA) is 46.2 Å². The van der Waals surface area contributed by atoms with E-state index in [2.05, 4.69) is 0 Å². The number of para-hydroxylation sites is 1. The molecular formula is C10H15NO. The molecule has 1 aromatic rings. The van der Waals surface area contributed by atoms with Gasteiger partial charge in [0.1, 0.15) is 0 Å². The van der Waals surface area contributed by atoms with Gasteiger partial charge in [-0.1, -0.05) is 25.1 Å². The molecule has 0 fully saturated rings. The third kappa shape index (κ3) is 1.77. The quantitative estimate of drug-likeness (QED) is 0.656. The van der Waals surface area contributed by atoms with Gasteiger partial charge in [0.05, 0.1) is 6.10 Å². The van der Waals surface area contributed by atoms with Crippen LogP contribution in [0.1, 0.15) is 25.3 Å². The number of nitrogens with two attached hydrogens (primary N) is 1. The summed E-state index contributed by atoms with van der Waals surface area (Å²) < 4.78 is 0. The Hall–Kier alpha value is -1.02. The van der Waals surface area contributed by atoms with Gasteiger partial charge in [0, 0.05) is 11.6 Å². The summed E-state index contributed by atoms with van der Waals surface area (Å²) in [5.41, 5.74) is 7.52. The average Bonchev–Trinajstić information content (AvgIpc) is 2.04. The first kappa shape index (κ1) is 9.07. The molecule has 0 aliphatic carbocycles. The summed E-state index contributed by atoms with van der Waals surface area (Å²) in [4.78, 5) is 0. The minimum absolute atomic E-state index is 0.103. The molecular weight excluding hydrogens is 150 g/mol. The van der Waals surface area contributed by atoms with Crippen LogP contribution in [0.25, 0.3) is 0 Å². The van der Waals surface area contributed by atoms with Crippen molar-refractivity contribution >= 4 is 5.69 Å². The molecule has 66 valence electrons. The third-order valence-electron chi connectivity index (χ3n) is 2.21. The van der Waals surface area contributed by atoms with Crippen LogP contribution in [0.5, 0.6) is 0 Å². The minimum Gasteiger partial charge on any atom is -0.398 e. The number of rotatable bonds is 2. The Morgan fingerprint density at radius 2 is 1.83 bits per heavy atom. The van der Waals surface area contributed by atoms with Gasteiger partial charge in [0.25, 0.3) is 0 Å². The maximum Gasteiger partial charge on any atom is 0.0578 e. The molecule has 3 N–H and O–H groups in total. The molecule has 0 spiro atoms. The smallest absolute Gasteiger partial charge is 0.0578 e. The van der Waals surface area contributed by atoms with E-state index < -0.39 is 0 Å². The number of aliphatic hydroxyl groups is 1. The molecule has 0 saturated heterocycles. The number of aliphatic hydroxyl groups excluding tert-OH is 1. The van der Waals surface area contributed by atoms with Crippen molar-refractivity contribution in [3.05, 3.63) is 29.8 Å². The van der Waals surface area contributed by atoms with Crippen LogP contribution < -0.4 is 5.73 Å². The molecule has 0 aromatic heterocycles. The van der Waals surface area contributed by atoms with Crippen molar-refractivity contribution in [2.45, 2.75) is 25.9 Å². The lowest BCUT2D eigenvalue weighted by atomic mass is 9.95. The number of nitrogen functional groups attached to an aromatic ring is 1. The molecule has 0 amide bonds. The molecule has 0 heterocycles. The summed E-state index contributed by atoms with van der Waals surface area (Å²) >= 11 is 0. The summed E-state index contributed by atoms with van der Waals surface area (Å²) in [5.74, 6) is 0.103. The second kappa shape index (κ2) is 3.59. The summed E-state index contributed by atoms with van der Waals surface area (Å²) in [5, 5.41) is 9.34. The highest BCUT2D eigenvalue weighted by atomic mass is 16.3. The van der Waals surface area contributed by atoms with Crippen LogP contribution in [0.4, 0.5) is 5.69 Å². The van der Waals surface area contributed by atoms with Crippen molar-refractivity contribution in [3.8, 4) is 0 Å². The standard InChI is InChI=1S/C10H15NO/c1-7(8(2)12)9-5-3-4-6-10(9)11/h3-8,12H,11H2,1-2H3/t7-,8-/m1/s1. The zero-order chi connectivity index (χ0) is 9.14. The lowest BCUT2D eigenvalue weighted by Gasteiger charge is -2.16. The first-order valence-corrected chi connectivity index (χ1v) is 4.15. The van der Waals surface area contributed by atoms with Gasteiger partial charge >= 0.3 is 0 Å². The molecule has 2 heteroatoms. The fourth-order valence-electron chi connectivity index (χ4n) is 1.19. The summed E-state index contributed by atoms with van der Waals surface area (Å²) in [6, 6.07) is 7.64. The minimum atomic E-state index is -0.352. The van der Waals surface area contributed by atoms with Crippen LogP contribution >= 0.6 is 0 Å². The summed E-state index contributed by atoms with van der Waals surface area (Å²) in [6.45, 7) is 3.74. The first-order chi connectivity index (χ1) is 5.63. The SMILES string of the molecule is C[C@@H](O)[C@@H](C)c1ccccc1N. The highest BCUT2D eigenvalue weighted by molar-refractivity contribution is 5.48. The van der Waals surface area contributed by atoms with E-state index in [1.165, 1.54) is 0 Å². The van der Waals surface area contributed by atoms with E-state index in [1.807, 2.05) is 31.2 Å². The highest BCUT2D eigenvalue weighted by Crippen LogP contribution is 2.24. The van der Waals surface area contributed by atoms with Crippen LogP contribution in [0, 0.1) is 0 Å². The van der Waals surface area contributed by atoms with Crippen molar-refractivity contribution in [1.29, 1.82) is 0 Å². The van der Waals surface area contributed by atoms with Crippen molar-refractivity contribution in [1.82, 2.24) is 0 Å². The third-order valence-corrected chi connectivity index (χ3v) is 2.21. The van der Waals surface area contributed by atoms with Crippen LogP contribution in [0.15, 0.2) is 24.3 Å². The number of benzene rings is 1. The Morgan fingerprint density at radius 3 is 2.33 bits per heavy atom. The predicted molar refractivity (Wildman–Crippen MR) is 51.0 cm³/mol. The highest BCUT2D eigenvalue weighted by Gasteiger charge is 2.12. The Labute approximate surface area is 73.0 Å². The van der Waals surface area contributed by atoms with Crippen molar-refractivity contribution < 1.29 is 5.11 Å². The van der Waals surface area contributed by atoms with Crippen LogP contribution in [-0.4, -0.2) is 11.2 Å². The van der Waals surface area contributed by atoms with E-state index in [9.17, 15) is 5.11 Å². The molecule has 0 radical (unpaired) electrons. The van der Waals surface area contributed by atoms with Crippen LogP contribution in [0.3, 0.4) is 0 Å². The van der Waals surface area contributed by atoms with Gasteiger partial charge in [-0.05, 0) is 18.6 Å². The lowest BCUT2D eigenvalue weighted by molar-refractivity contribution is 0.169. The van der Waals surface area contributed by atoms with E-state index in [0.29, 0.717) is 0 Å². The van der Waals surface area contributed by atoms with Crippen molar-refractivity contribution in [3.63, 3.8) is 0 Å². The van der Waals surface area contributed by atoms with Gasteiger partial charge in [0.15, 0.2) is 0 Å². The fourth-order valence-corrected chi connectivity index (χ4v) is 1.19. The van der Waals surface area contributed by atoms with Gasteiger partial charge in [-0.2, -0.15) is 0 Å². The lowest BCUT2D eigenvalue weighted by Crippen LogP contribution is -2.12. The molecule has 0 unspecified atom stereocenters. The second-order valence-electron chi connectivity index (χ2n) is 3.16. The summed E-state index contributed by atoms with van der Waals surface area (Å²) in [7, 11) is 0. The molecule has 1 aromatic carbocycles. The normalized spacial score (nSPS) is 15.6. The zero-order valence-electron chi connectivity index (χ0n) is 7.49. The predicted octanol–water partition coefficient (Wildman–Crippen LogP) is 1.75. The van der Waals surface area contributed by atoms with E-state index in [1.54, 1.807) is 6.92 Å². The first-order valence-electron chi connectivity index (χ1n) is 4.15. The van der Waals surface area contributed by atoms with Gasteiger partial charge in [-0.15, -0.1) is 0 Å². The van der Waals surface area contributed by atoms with E-state index in [4.69, 9.17) is 5.73 Å². The van der Waals surface area contributed by atoms with Crippen LogP contribution in [-0.2, 0) is 0 Å². The summed E-state index contributed by atoms with van der Waals surface area (Å²) in [6.07, 6.45) is -0.352. The zero-order valence-corrected chi connectivity index (χ0v) is 7.49. The van der Waals surface area contributed by atoms with Gasteiger partial charge in [-0.25, -0.2) is 0 Å². The monoisotopic (exact) mass is 165 g/mol. The largest absolute Gasteiger partial charge is 0.398 e. The molecule has 0 bridgehead atoms. The number of hydrogen-bond donors (Lipinski definition) is 2. The van der Waals surface area contributed by atoms with Gasteiger partial charge < -0.3 is 10.8 Å². The molecule has 0 saturated carbocycles. The second-order valence-corrected chi connectivity index (χ2v) is 3.16. The Kier molecular flexibility index (Phi) is 2.71. The fraction of sp³-hybridized carbons (Fsp3) is 0.400. The Morgan fingerprint density at radius 1 is 1.25 bits per heavy atom. The number of hydrogen-bond acceptors (Lipinski definition) is 2. The maximum atomic E-state index is 9.34. The Balaban J connectivity index is 2.94. The molecule has 12 heavy (non-hydrogen) atoms.